The Balaban J connectivity index is 3.22. The summed E-state index contributed by atoms with van der Waals surface area (Å²) < 4.78 is 0. The summed E-state index contributed by atoms with van der Waals surface area (Å²) in [6.07, 6.45) is 3.41. The zero-order chi connectivity index (χ0) is 10.3. The van der Waals surface area contributed by atoms with Crippen LogP contribution in [0.4, 0.5) is 0 Å². The van der Waals surface area contributed by atoms with Crippen LogP contribution in [0.5, 0.6) is 0 Å². The normalized spacial score (nSPS) is 11.4. The lowest BCUT2D eigenvalue weighted by Gasteiger charge is -2.17. The highest BCUT2D eigenvalue weighted by atomic mass is 16.1. The summed E-state index contributed by atoms with van der Waals surface area (Å²) in [4.78, 5) is 10.7. The van der Waals surface area contributed by atoms with Crippen LogP contribution in [0.1, 0.15) is 40.0 Å². The van der Waals surface area contributed by atoms with Crippen molar-refractivity contribution in [3.63, 3.8) is 0 Å². The van der Waals surface area contributed by atoms with E-state index in [9.17, 15) is 4.79 Å². The van der Waals surface area contributed by atoms with Crippen molar-refractivity contribution in [1.29, 1.82) is 0 Å². The van der Waals surface area contributed by atoms with Gasteiger partial charge in [0.05, 0.1) is 6.54 Å². The van der Waals surface area contributed by atoms with E-state index in [0.717, 1.165) is 19.4 Å². The largest absolute Gasteiger partial charge is 0.355 e. The molecule has 0 aromatic carbocycles. The highest BCUT2D eigenvalue weighted by Gasteiger charge is 2.08. The number of carbonyl (C=O) groups is 1. The van der Waals surface area contributed by atoms with E-state index in [-0.39, 0.29) is 12.5 Å². The first-order valence-electron chi connectivity index (χ1n) is 4.92. The minimum Gasteiger partial charge on any atom is -0.355 e. The maximum atomic E-state index is 10.7. The minimum atomic E-state index is -0.0595. The fourth-order valence-corrected chi connectivity index (χ4v) is 1.08. The van der Waals surface area contributed by atoms with Gasteiger partial charge in [0.25, 0.3) is 0 Å². The van der Waals surface area contributed by atoms with Crippen LogP contribution < -0.4 is 11.1 Å². The first kappa shape index (κ1) is 12.4. The lowest BCUT2D eigenvalue weighted by molar-refractivity contribution is -0.119. The molecule has 0 unspecified atom stereocenters. The molecular formula is C10H22N2O. The van der Waals surface area contributed by atoms with Crippen molar-refractivity contribution in [2.75, 3.05) is 13.1 Å². The van der Waals surface area contributed by atoms with Gasteiger partial charge in [0, 0.05) is 6.54 Å². The maximum absolute atomic E-state index is 10.7. The van der Waals surface area contributed by atoms with Crippen molar-refractivity contribution in [1.82, 2.24) is 5.32 Å². The maximum Gasteiger partial charge on any atom is 0.233 e. The van der Waals surface area contributed by atoms with E-state index in [1.807, 2.05) is 0 Å². The average molecular weight is 186 g/mol. The standard InChI is InChI=1S/C10H22N2O/c1-10(2,3)6-4-5-7-12-9(13)8-11/h4-8,11H2,1-3H3,(H,12,13). The van der Waals surface area contributed by atoms with Gasteiger partial charge in [-0.25, -0.2) is 0 Å². The van der Waals surface area contributed by atoms with E-state index >= 15 is 0 Å². The molecule has 0 radical (unpaired) electrons. The number of carbonyl (C=O) groups excluding carboxylic acids is 1. The summed E-state index contributed by atoms with van der Waals surface area (Å²) >= 11 is 0. The summed E-state index contributed by atoms with van der Waals surface area (Å²) in [7, 11) is 0. The van der Waals surface area contributed by atoms with Gasteiger partial charge in [0.1, 0.15) is 0 Å². The molecule has 1 amide bonds. The smallest absolute Gasteiger partial charge is 0.233 e. The van der Waals surface area contributed by atoms with E-state index in [2.05, 4.69) is 26.1 Å². The van der Waals surface area contributed by atoms with Gasteiger partial charge in [0.2, 0.25) is 5.91 Å². The molecule has 3 nitrogen and oxygen atoms in total. The number of nitrogens with two attached hydrogens (primary N) is 1. The molecule has 0 aromatic rings. The molecule has 0 rings (SSSR count). The van der Waals surface area contributed by atoms with Gasteiger partial charge in [-0.15, -0.1) is 0 Å². The van der Waals surface area contributed by atoms with Crippen molar-refractivity contribution >= 4 is 5.91 Å². The fourth-order valence-electron chi connectivity index (χ4n) is 1.08. The van der Waals surface area contributed by atoms with Gasteiger partial charge in [-0.05, 0) is 18.3 Å². The van der Waals surface area contributed by atoms with E-state index in [1.165, 1.54) is 6.42 Å². The van der Waals surface area contributed by atoms with Crippen LogP contribution >= 0.6 is 0 Å². The zero-order valence-corrected chi connectivity index (χ0v) is 9.02. The SMILES string of the molecule is CC(C)(C)CCCCNC(=O)CN. The second-order valence-electron chi connectivity index (χ2n) is 4.57. The number of amides is 1. The first-order chi connectivity index (χ1) is 5.95. The molecule has 13 heavy (non-hydrogen) atoms. The third-order valence-corrected chi connectivity index (χ3v) is 1.86. The molecule has 3 N–H and O–H groups in total. The van der Waals surface area contributed by atoms with E-state index in [1.54, 1.807) is 0 Å². The van der Waals surface area contributed by atoms with E-state index < -0.39 is 0 Å². The Hall–Kier alpha value is -0.570. The van der Waals surface area contributed by atoms with Crippen molar-refractivity contribution in [2.45, 2.75) is 40.0 Å². The second kappa shape index (κ2) is 5.97. The number of unbranched alkanes of at least 4 members (excludes halogenated alkanes) is 1. The summed E-state index contributed by atoms with van der Waals surface area (Å²) in [5.41, 5.74) is 5.54. The van der Waals surface area contributed by atoms with Crippen LogP contribution in [0.2, 0.25) is 0 Å². The monoisotopic (exact) mass is 186 g/mol. The lowest BCUT2D eigenvalue weighted by Crippen LogP contribution is -2.30. The number of rotatable bonds is 5. The van der Waals surface area contributed by atoms with Gasteiger partial charge in [-0.1, -0.05) is 27.2 Å². The van der Waals surface area contributed by atoms with Crippen LogP contribution in [-0.2, 0) is 4.79 Å². The van der Waals surface area contributed by atoms with Crippen molar-refractivity contribution < 1.29 is 4.79 Å². The van der Waals surface area contributed by atoms with Crippen molar-refractivity contribution in [3.8, 4) is 0 Å². The fraction of sp³-hybridized carbons (Fsp3) is 0.900. The Bertz CT molecular complexity index is 149. The Morgan fingerprint density at radius 1 is 1.31 bits per heavy atom. The first-order valence-corrected chi connectivity index (χ1v) is 4.92. The molecule has 0 spiro atoms. The van der Waals surface area contributed by atoms with Gasteiger partial charge >= 0.3 is 0 Å². The minimum absolute atomic E-state index is 0.0595. The molecule has 3 heteroatoms. The predicted molar refractivity (Wildman–Crippen MR) is 55.4 cm³/mol. The molecule has 0 heterocycles. The molecule has 0 aliphatic heterocycles. The van der Waals surface area contributed by atoms with Crippen LogP contribution in [0.3, 0.4) is 0 Å². The van der Waals surface area contributed by atoms with E-state index in [4.69, 9.17) is 5.73 Å². The molecule has 0 aliphatic rings. The Kier molecular flexibility index (Phi) is 5.71. The highest BCUT2D eigenvalue weighted by Crippen LogP contribution is 2.20. The van der Waals surface area contributed by atoms with Gasteiger partial charge < -0.3 is 11.1 Å². The third kappa shape index (κ3) is 9.34. The topological polar surface area (TPSA) is 55.1 Å². The van der Waals surface area contributed by atoms with Crippen LogP contribution in [0, 0.1) is 5.41 Å². The molecule has 78 valence electrons. The Morgan fingerprint density at radius 2 is 1.92 bits per heavy atom. The zero-order valence-electron chi connectivity index (χ0n) is 9.02. The van der Waals surface area contributed by atoms with Gasteiger partial charge in [-0.3, -0.25) is 4.79 Å². The van der Waals surface area contributed by atoms with Gasteiger partial charge in [-0.2, -0.15) is 0 Å². The molecule has 0 bridgehead atoms. The van der Waals surface area contributed by atoms with Gasteiger partial charge in [0.15, 0.2) is 0 Å². The Morgan fingerprint density at radius 3 is 2.38 bits per heavy atom. The van der Waals surface area contributed by atoms with Crippen molar-refractivity contribution in [2.24, 2.45) is 11.1 Å². The molecule has 0 saturated heterocycles. The molecule has 0 atom stereocenters. The predicted octanol–water partition coefficient (Wildman–Crippen LogP) is 1.28. The summed E-state index contributed by atoms with van der Waals surface area (Å²) in [6.45, 7) is 7.54. The lowest BCUT2D eigenvalue weighted by atomic mass is 9.90. The second-order valence-corrected chi connectivity index (χ2v) is 4.57. The highest BCUT2D eigenvalue weighted by molar-refractivity contribution is 5.77. The number of hydrogen-bond acceptors (Lipinski definition) is 2. The molecule has 0 fully saturated rings. The summed E-state index contributed by atoms with van der Waals surface area (Å²) in [5, 5.41) is 2.75. The van der Waals surface area contributed by atoms with Crippen LogP contribution in [0.25, 0.3) is 0 Å². The quantitative estimate of drug-likeness (QED) is 0.635. The summed E-state index contributed by atoms with van der Waals surface area (Å²) in [5.74, 6) is -0.0595. The average Bonchev–Trinajstić information content (AvgIpc) is 2.01. The molecular weight excluding hydrogens is 164 g/mol. The number of nitrogens with one attached hydrogen (secondary N) is 1. The van der Waals surface area contributed by atoms with Crippen LogP contribution in [0.15, 0.2) is 0 Å². The molecule has 0 aromatic heterocycles. The van der Waals surface area contributed by atoms with Crippen LogP contribution in [-0.4, -0.2) is 19.0 Å². The van der Waals surface area contributed by atoms with Crippen molar-refractivity contribution in [3.05, 3.63) is 0 Å². The number of hydrogen-bond donors (Lipinski definition) is 2. The Labute approximate surface area is 81.1 Å². The molecule has 0 saturated carbocycles. The molecule has 0 aliphatic carbocycles. The third-order valence-electron chi connectivity index (χ3n) is 1.86. The summed E-state index contributed by atoms with van der Waals surface area (Å²) in [6, 6.07) is 0. The van der Waals surface area contributed by atoms with E-state index in [0.29, 0.717) is 5.41 Å².